The van der Waals surface area contributed by atoms with E-state index in [1.807, 2.05) is 6.92 Å². The minimum atomic E-state index is -2.00. The minimum absolute atomic E-state index is 0.00889. The van der Waals surface area contributed by atoms with E-state index in [4.69, 9.17) is 19.6 Å². The summed E-state index contributed by atoms with van der Waals surface area (Å²) in [4.78, 5) is 111. The zero-order chi connectivity index (χ0) is 61.0. The maximum Gasteiger partial charge on any atom is 0.343 e. The highest BCUT2D eigenvalue weighted by atomic mass is 19.1. The SMILES string of the molecule is CCc1c2c(nc3cc(F)c(C)c(CCCCOCNC(=O)[C@H](C)NC(=O)[C@@H](NC(=O)[C@H](CCC(=O)NC[C@H](O)[C@@H](O)[C@H](O)[C@H](O)CO)NC(=O)CCCCCN4C(=O)C=CC4O)C(C)C)c13)-c1cc3c(c(=O)n1C2)COC(=O)[C@]3(O)CC. The van der Waals surface area contributed by atoms with Crippen molar-refractivity contribution in [3.05, 3.63) is 73.8 Å². The summed E-state index contributed by atoms with van der Waals surface area (Å²) in [5, 5.41) is 83.7. The molecular weight excluding hydrogens is 1090 g/mol. The largest absolute Gasteiger partial charge is 0.458 e. The van der Waals surface area contributed by atoms with Crippen molar-refractivity contribution in [1.82, 2.24) is 41.0 Å². The van der Waals surface area contributed by atoms with E-state index in [9.17, 15) is 69.0 Å². The third kappa shape index (κ3) is 15.3. The summed E-state index contributed by atoms with van der Waals surface area (Å²) < 4.78 is 28.2. The molecule has 0 aliphatic carbocycles. The Morgan fingerprint density at radius 3 is 2.25 bits per heavy atom. The van der Waals surface area contributed by atoms with E-state index in [1.54, 1.807) is 38.3 Å². The Morgan fingerprint density at radius 1 is 0.867 bits per heavy atom. The smallest absolute Gasteiger partial charge is 0.343 e. The zero-order valence-corrected chi connectivity index (χ0v) is 47.7. The van der Waals surface area contributed by atoms with Gasteiger partial charge in [0.05, 0.1) is 41.7 Å². The number of hydrogen-bond donors (Lipinski definition) is 12. The van der Waals surface area contributed by atoms with Gasteiger partial charge in [-0.2, -0.15) is 0 Å². The number of aliphatic hydroxyl groups is 7. The van der Waals surface area contributed by atoms with Crippen molar-refractivity contribution in [2.75, 3.05) is 33.0 Å². The summed E-state index contributed by atoms with van der Waals surface area (Å²) in [5.74, 6) is -5.67. The number of nitrogens with one attached hydrogen (secondary N) is 5. The molecule has 3 aromatic rings. The van der Waals surface area contributed by atoms with Gasteiger partial charge in [-0.1, -0.05) is 34.1 Å². The van der Waals surface area contributed by atoms with Gasteiger partial charge < -0.3 is 81.3 Å². The van der Waals surface area contributed by atoms with Crippen molar-refractivity contribution in [2.24, 2.45) is 5.92 Å². The topological polar surface area (TPSA) is 378 Å². The van der Waals surface area contributed by atoms with E-state index in [0.29, 0.717) is 67.4 Å². The molecule has 0 spiro atoms. The van der Waals surface area contributed by atoms with Crippen LogP contribution in [-0.4, -0.2) is 173 Å². The molecule has 1 aromatic carbocycles. The van der Waals surface area contributed by atoms with Crippen molar-refractivity contribution in [3.8, 4) is 11.4 Å². The van der Waals surface area contributed by atoms with E-state index in [2.05, 4.69) is 26.6 Å². The van der Waals surface area contributed by atoms with Gasteiger partial charge in [-0.15, -0.1) is 0 Å². The number of amides is 6. The highest BCUT2D eigenvalue weighted by Crippen LogP contribution is 2.42. The lowest BCUT2D eigenvalue weighted by atomic mass is 9.86. The molecule has 2 aromatic heterocycles. The van der Waals surface area contributed by atoms with E-state index < -0.39 is 127 Å². The van der Waals surface area contributed by atoms with Crippen LogP contribution in [0.15, 0.2) is 29.1 Å². The highest BCUT2D eigenvalue weighted by Gasteiger charge is 2.46. The monoisotopic (exact) mass is 1170 g/mol. The molecule has 6 rings (SSSR count). The normalized spacial score (nSPS) is 18.8. The molecule has 9 atom stereocenters. The maximum atomic E-state index is 15.7. The summed E-state index contributed by atoms with van der Waals surface area (Å²) in [5.41, 5.74) is 2.22. The molecule has 3 aliphatic rings. The van der Waals surface area contributed by atoms with Crippen molar-refractivity contribution in [3.63, 3.8) is 0 Å². The van der Waals surface area contributed by atoms with Gasteiger partial charge in [-0.3, -0.25) is 33.6 Å². The van der Waals surface area contributed by atoms with Crippen molar-refractivity contribution in [2.45, 2.75) is 180 Å². The van der Waals surface area contributed by atoms with Crippen LogP contribution in [0.1, 0.15) is 126 Å². The first-order valence-electron chi connectivity index (χ1n) is 28.2. The second kappa shape index (κ2) is 29.2. The second-order valence-corrected chi connectivity index (χ2v) is 21.6. The number of unbranched alkanes of at least 4 members (excludes halogenated alkanes) is 3. The predicted molar refractivity (Wildman–Crippen MR) is 295 cm³/mol. The predicted octanol–water partition coefficient (Wildman–Crippen LogP) is -0.758. The van der Waals surface area contributed by atoms with Crippen LogP contribution in [0.2, 0.25) is 0 Å². The van der Waals surface area contributed by atoms with Crippen molar-refractivity contribution < 1.29 is 83.2 Å². The van der Waals surface area contributed by atoms with Crippen LogP contribution in [0.4, 0.5) is 4.39 Å². The van der Waals surface area contributed by atoms with Gasteiger partial charge in [-0.05, 0) is 100.0 Å². The van der Waals surface area contributed by atoms with Crippen LogP contribution in [0, 0.1) is 18.7 Å². The lowest BCUT2D eigenvalue weighted by Crippen LogP contribution is -2.58. The Kier molecular flexibility index (Phi) is 23.0. The first-order valence-corrected chi connectivity index (χ1v) is 28.2. The number of ether oxygens (including phenoxy) is 2. The minimum Gasteiger partial charge on any atom is -0.458 e. The molecule has 0 saturated heterocycles. The number of carbonyl (C=O) groups excluding carboxylic acids is 7. The van der Waals surface area contributed by atoms with Crippen LogP contribution < -0.4 is 32.1 Å². The summed E-state index contributed by atoms with van der Waals surface area (Å²) in [6.07, 6.45) is -3.26. The number of pyridine rings is 2. The Morgan fingerprint density at radius 2 is 1.59 bits per heavy atom. The van der Waals surface area contributed by atoms with Gasteiger partial charge in [-0.25, -0.2) is 14.2 Å². The number of halogens is 1. The molecule has 83 heavy (non-hydrogen) atoms. The fourth-order valence-corrected chi connectivity index (χ4v) is 10.5. The van der Waals surface area contributed by atoms with Crippen LogP contribution in [-0.2, 0) is 74.6 Å². The van der Waals surface area contributed by atoms with Crippen LogP contribution in [0.25, 0.3) is 22.3 Å². The van der Waals surface area contributed by atoms with E-state index in [1.165, 1.54) is 30.0 Å². The van der Waals surface area contributed by atoms with Gasteiger partial charge in [0.15, 0.2) is 5.60 Å². The number of aliphatic hydroxyl groups excluding tert-OH is 6. The molecule has 26 heteroatoms. The third-order valence-corrected chi connectivity index (χ3v) is 15.5. The molecule has 0 bridgehead atoms. The number of aromatic nitrogens is 2. The average molecular weight is 1170 g/mol. The fraction of sp³-hybridized carbons (Fsp3) is 0.596. The zero-order valence-electron chi connectivity index (χ0n) is 47.7. The number of aryl methyl sites for hydroxylation is 2. The standard InChI is InChI=1S/C57H79FN8O17/c1-7-32-34-25-66-40(22-36-35(55(66)79)27-83-56(80)57(36,81)8-2)49(34)63-39-23-37(58)30(5)33(47(32)39)14-11-13-21-82-28-60-52(76)31(6)61-54(78)48(29(3)4)64-53(77)38(16-17-43(70)59-24-41(68)50(74)51(75)42(69)26-67)62-44(71)15-10-9-12-20-65-45(72)18-19-46(65)73/h18-19,22-23,29,31,38,41-42,45,48,50-51,67-69,72,74-75,81H,7-17,20-21,24-28H2,1-6H3,(H,59,70)(H,60,76)(H,61,78)(H,62,71)(H,64,77)/t31-,38-,41-,42+,45?,48-,50+,51+,57-/m0/s1. The number of esters is 1. The molecule has 456 valence electrons. The number of cyclic esters (lactones) is 1. The lowest BCUT2D eigenvalue weighted by Gasteiger charge is -2.31. The Balaban J connectivity index is 1.00. The van der Waals surface area contributed by atoms with Gasteiger partial charge in [0.25, 0.3) is 5.56 Å². The lowest BCUT2D eigenvalue weighted by molar-refractivity contribution is -0.172. The van der Waals surface area contributed by atoms with E-state index >= 15 is 4.39 Å². The summed E-state index contributed by atoms with van der Waals surface area (Å²) >= 11 is 0. The molecule has 5 heterocycles. The molecular formula is C57H79FN8O17. The molecule has 6 amide bonds. The van der Waals surface area contributed by atoms with Gasteiger partial charge in [0, 0.05) is 61.2 Å². The molecule has 3 aliphatic heterocycles. The summed E-state index contributed by atoms with van der Waals surface area (Å²) in [6.45, 7) is 8.66. The summed E-state index contributed by atoms with van der Waals surface area (Å²) in [7, 11) is 0. The molecule has 0 fully saturated rings. The molecule has 0 saturated carbocycles. The number of nitrogens with zero attached hydrogens (tertiary/aromatic N) is 3. The Hall–Kier alpha value is -6.78. The second-order valence-electron chi connectivity index (χ2n) is 21.6. The van der Waals surface area contributed by atoms with Crippen LogP contribution >= 0.6 is 0 Å². The average Bonchev–Trinajstić information content (AvgIpc) is 2.26. The number of benzene rings is 1. The van der Waals surface area contributed by atoms with E-state index in [-0.39, 0.29) is 69.3 Å². The third-order valence-electron chi connectivity index (χ3n) is 15.5. The number of hydrogen-bond acceptors (Lipinski definition) is 18. The van der Waals surface area contributed by atoms with Crippen molar-refractivity contribution >= 4 is 52.3 Å². The number of rotatable bonds is 31. The van der Waals surface area contributed by atoms with Crippen LogP contribution in [0.5, 0.6) is 0 Å². The molecule has 25 nitrogen and oxygen atoms in total. The van der Waals surface area contributed by atoms with E-state index in [0.717, 1.165) is 22.1 Å². The van der Waals surface area contributed by atoms with Gasteiger partial charge in [0.1, 0.15) is 61.8 Å². The Labute approximate surface area is 479 Å². The van der Waals surface area contributed by atoms with Gasteiger partial charge in [0.2, 0.25) is 35.4 Å². The summed E-state index contributed by atoms with van der Waals surface area (Å²) in [6, 6.07) is -0.723. The number of fused-ring (bicyclic) bond motifs is 5. The molecule has 1 unspecified atom stereocenters. The quantitative estimate of drug-likeness (QED) is 0.0167. The van der Waals surface area contributed by atoms with Crippen LogP contribution in [0.3, 0.4) is 0 Å². The number of carbonyl (C=O) groups is 7. The maximum absolute atomic E-state index is 15.7. The molecule has 12 N–H and O–H groups in total. The first-order chi connectivity index (χ1) is 39.4. The van der Waals surface area contributed by atoms with Crippen molar-refractivity contribution in [1.29, 1.82) is 0 Å². The first kappa shape index (κ1) is 65.4. The Bertz CT molecular complexity index is 2990. The fourth-order valence-electron chi connectivity index (χ4n) is 10.5. The highest BCUT2D eigenvalue weighted by molar-refractivity contribution is 5.95. The van der Waals surface area contributed by atoms with Gasteiger partial charge >= 0.3 is 5.97 Å². The molecule has 0 radical (unpaired) electrons.